The van der Waals surface area contributed by atoms with Crippen molar-refractivity contribution in [1.29, 1.82) is 0 Å². The van der Waals surface area contributed by atoms with E-state index < -0.39 is 0 Å². The molecule has 0 atom stereocenters. The topological polar surface area (TPSA) is 104 Å². The number of hydrogen-bond donors (Lipinski definition) is 2. The summed E-state index contributed by atoms with van der Waals surface area (Å²) in [5.74, 6) is 0. The van der Waals surface area contributed by atoms with Crippen LogP contribution in [0.15, 0.2) is 5.22 Å². The molecule has 0 heterocycles. The highest BCUT2D eigenvalue weighted by atomic mass is 15.5. The van der Waals surface area contributed by atoms with E-state index in [0.717, 1.165) is 6.54 Å². The van der Waals surface area contributed by atoms with E-state index in [1.54, 1.807) is 7.05 Å². The number of azide groups is 1. The highest BCUT2D eigenvalue weighted by Crippen LogP contribution is 1.74. The second kappa shape index (κ2) is 10.9. The van der Waals surface area contributed by atoms with E-state index in [2.05, 4.69) is 10.1 Å². The molecule has 10 heavy (non-hydrogen) atoms. The molecule has 0 saturated heterocycles. The molecule has 6 heteroatoms. The van der Waals surface area contributed by atoms with E-state index in [1.165, 1.54) is 5.01 Å². The fourth-order valence-corrected chi connectivity index (χ4v) is 0.105. The van der Waals surface area contributed by atoms with Gasteiger partial charge in [0.15, 0.2) is 0 Å². The fourth-order valence-electron chi connectivity index (χ4n) is 0.105. The molecule has 0 unspecified atom stereocenters. The van der Waals surface area contributed by atoms with E-state index in [9.17, 15) is 0 Å². The van der Waals surface area contributed by atoms with Gasteiger partial charge in [0.25, 0.3) is 0 Å². The summed E-state index contributed by atoms with van der Waals surface area (Å²) in [4.78, 5) is 2.48. The maximum atomic E-state index is 7.73. The molecule has 0 bridgehead atoms. The lowest BCUT2D eigenvalue weighted by molar-refractivity contribution is 0.359. The molecule has 0 aromatic rings. The Hall–Kier alpha value is -0.970. The van der Waals surface area contributed by atoms with E-state index in [1.807, 2.05) is 6.92 Å². The number of nitrogens with two attached hydrogens (primary N) is 2. The number of nitrogens with zero attached hydrogens (tertiary/aromatic N) is 4. The van der Waals surface area contributed by atoms with Crippen molar-refractivity contribution >= 4 is 0 Å². The zero-order valence-corrected chi connectivity index (χ0v) is 6.36. The van der Waals surface area contributed by atoms with Crippen LogP contribution in [0.4, 0.5) is 0 Å². The molecular weight excluding hydrogens is 132 g/mol. The van der Waals surface area contributed by atoms with Gasteiger partial charge in [-0.1, -0.05) is 6.92 Å². The minimum Gasteiger partial charge on any atom is -0.331 e. The van der Waals surface area contributed by atoms with Crippen molar-refractivity contribution < 1.29 is 0 Å². The van der Waals surface area contributed by atoms with Crippen molar-refractivity contribution in [1.82, 2.24) is 5.01 Å². The van der Waals surface area contributed by atoms with Gasteiger partial charge in [-0.15, -0.1) is 5.53 Å². The predicted octanol–water partition coefficient (Wildman–Crippen LogP) is 0.0247. The van der Waals surface area contributed by atoms with E-state index >= 15 is 0 Å². The first-order valence-corrected chi connectivity index (χ1v) is 2.89. The third-order valence-corrected chi connectivity index (χ3v) is 0.457. The summed E-state index contributed by atoms with van der Waals surface area (Å²) in [6.07, 6.45) is 0. The average molecular weight is 146 g/mol. The van der Waals surface area contributed by atoms with Crippen LogP contribution >= 0.6 is 0 Å². The molecule has 0 aliphatic rings. The molecule has 4 N–H and O–H groups in total. The number of rotatable bonds is 2. The van der Waals surface area contributed by atoms with Crippen LogP contribution in [0.1, 0.15) is 6.92 Å². The molecule has 0 amide bonds. The molecule has 6 nitrogen and oxygen atoms in total. The minimum atomic E-state index is 0.254. The Balaban J connectivity index is 0. The minimum absolute atomic E-state index is 0.254. The summed E-state index contributed by atoms with van der Waals surface area (Å²) < 4.78 is 0. The standard InChI is InChI=1S/C2H7N5.C2H7N/c1-7(2-3)6-5-4;1-2-3/h2-3H2,1H3;2-3H2,1H3. The molecule has 0 radical (unpaired) electrons. The van der Waals surface area contributed by atoms with Gasteiger partial charge in [0.2, 0.25) is 0 Å². The van der Waals surface area contributed by atoms with Crippen molar-refractivity contribution in [2.75, 3.05) is 20.3 Å². The van der Waals surface area contributed by atoms with Crippen LogP contribution < -0.4 is 11.5 Å². The molecule has 0 aromatic carbocycles. The van der Waals surface area contributed by atoms with Gasteiger partial charge in [-0.3, -0.25) is 5.73 Å². The molecule has 0 saturated carbocycles. The Bertz CT molecular complexity index is 95.9. The molecule has 0 aliphatic heterocycles. The fraction of sp³-hybridized carbons (Fsp3) is 1.00. The molecular formula is C4H14N6. The molecule has 60 valence electrons. The van der Waals surface area contributed by atoms with Gasteiger partial charge < -0.3 is 5.73 Å². The van der Waals surface area contributed by atoms with Gasteiger partial charge in [-0.05, 0) is 11.8 Å². The van der Waals surface area contributed by atoms with Gasteiger partial charge in [0.05, 0.1) is 7.05 Å². The summed E-state index contributed by atoms with van der Waals surface area (Å²) in [6.45, 7) is 2.91. The maximum Gasteiger partial charge on any atom is 0.138 e. The Morgan fingerprint density at radius 2 is 2.00 bits per heavy atom. The van der Waals surface area contributed by atoms with Crippen molar-refractivity contribution in [2.45, 2.75) is 6.92 Å². The zero-order valence-electron chi connectivity index (χ0n) is 6.36. The van der Waals surface area contributed by atoms with Crippen LogP contribution in [-0.2, 0) is 0 Å². The summed E-state index contributed by atoms with van der Waals surface area (Å²) in [7, 11) is 1.60. The Kier molecular flexibility index (Phi) is 12.9. The average Bonchev–Trinajstić information content (AvgIpc) is 1.90. The van der Waals surface area contributed by atoms with Crippen LogP contribution in [0.25, 0.3) is 10.4 Å². The summed E-state index contributed by atoms with van der Waals surface area (Å²) in [5, 5.41) is 4.42. The first-order chi connectivity index (χ1) is 4.72. The van der Waals surface area contributed by atoms with Crippen molar-refractivity contribution in [3.8, 4) is 0 Å². The van der Waals surface area contributed by atoms with E-state index in [0.29, 0.717) is 0 Å². The van der Waals surface area contributed by atoms with Crippen LogP contribution in [-0.4, -0.2) is 25.3 Å². The quantitative estimate of drug-likeness (QED) is 0.189. The van der Waals surface area contributed by atoms with Gasteiger partial charge in [-0.25, -0.2) is 5.01 Å². The van der Waals surface area contributed by atoms with Crippen LogP contribution in [0.2, 0.25) is 0 Å². The zero-order chi connectivity index (χ0) is 8.41. The monoisotopic (exact) mass is 146 g/mol. The molecule has 0 rings (SSSR count). The smallest absolute Gasteiger partial charge is 0.138 e. The summed E-state index contributed by atoms with van der Waals surface area (Å²) in [6, 6.07) is 0. The second-order valence-electron chi connectivity index (χ2n) is 1.43. The Morgan fingerprint density at radius 3 is 2.10 bits per heavy atom. The molecule has 0 spiro atoms. The van der Waals surface area contributed by atoms with Gasteiger partial charge in [0.1, 0.15) is 6.67 Å². The van der Waals surface area contributed by atoms with E-state index in [-0.39, 0.29) is 6.67 Å². The highest BCUT2D eigenvalue weighted by Gasteiger charge is 1.82. The molecule has 0 aromatic heterocycles. The van der Waals surface area contributed by atoms with E-state index in [4.69, 9.17) is 17.0 Å². The van der Waals surface area contributed by atoms with Crippen molar-refractivity contribution in [2.24, 2.45) is 16.7 Å². The first-order valence-electron chi connectivity index (χ1n) is 2.89. The SMILES string of the molecule is CCN.CN(CN)N=[N+]=[N-]. The third-order valence-electron chi connectivity index (χ3n) is 0.457. The maximum absolute atomic E-state index is 7.73. The predicted molar refractivity (Wildman–Crippen MR) is 40.7 cm³/mol. The summed E-state index contributed by atoms with van der Waals surface area (Å²) in [5.41, 5.74) is 17.6. The van der Waals surface area contributed by atoms with Crippen LogP contribution in [0.3, 0.4) is 0 Å². The van der Waals surface area contributed by atoms with Crippen molar-refractivity contribution in [3.63, 3.8) is 0 Å². The molecule has 0 aliphatic carbocycles. The normalized spacial score (nSPS) is 6.80. The molecule has 0 fully saturated rings. The Labute approximate surface area is 60.4 Å². The van der Waals surface area contributed by atoms with Crippen LogP contribution in [0.5, 0.6) is 0 Å². The largest absolute Gasteiger partial charge is 0.331 e. The lowest BCUT2D eigenvalue weighted by Crippen LogP contribution is -2.18. The van der Waals surface area contributed by atoms with Gasteiger partial charge in [0, 0.05) is 0 Å². The Morgan fingerprint density at radius 1 is 1.60 bits per heavy atom. The van der Waals surface area contributed by atoms with Gasteiger partial charge >= 0.3 is 0 Å². The van der Waals surface area contributed by atoms with Crippen molar-refractivity contribution in [3.05, 3.63) is 10.4 Å². The summed E-state index contributed by atoms with van der Waals surface area (Å²) >= 11 is 0. The third kappa shape index (κ3) is 15.7. The van der Waals surface area contributed by atoms with Crippen LogP contribution in [0, 0.1) is 0 Å². The lowest BCUT2D eigenvalue weighted by Gasteiger charge is -1.98. The lowest BCUT2D eigenvalue weighted by atomic mass is 10.8. The first kappa shape index (κ1) is 11.8. The number of hydrogen-bond acceptors (Lipinski definition) is 3. The van der Waals surface area contributed by atoms with Gasteiger partial charge in [-0.2, -0.15) is 4.91 Å². The second-order valence-corrected chi connectivity index (χ2v) is 1.43. The highest BCUT2D eigenvalue weighted by molar-refractivity contribution is 4.37.